The second-order valence-electron chi connectivity index (χ2n) is 2.89. The molecule has 1 atom stereocenters. The molecule has 58 valence electrons. The van der Waals surface area contributed by atoms with Crippen LogP contribution in [0.5, 0.6) is 0 Å². The van der Waals surface area contributed by atoms with Gasteiger partial charge >= 0.3 is 0 Å². The van der Waals surface area contributed by atoms with Crippen LogP contribution in [-0.4, -0.2) is 5.25 Å². The Kier molecular flexibility index (Phi) is 1.78. The standard InChI is InChI=1S/C9H11NS/c1-7-6-8-4-2-3-5-9(8)10-11-7/h2-5,7,10H,6H2,1H3. The van der Waals surface area contributed by atoms with Gasteiger partial charge in [0.05, 0.1) is 0 Å². The van der Waals surface area contributed by atoms with Crippen LogP contribution >= 0.6 is 11.9 Å². The highest BCUT2D eigenvalue weighted by Crippen LogP contribution is 2.29. The Morgan fingerprint density at radius 2 is 2.27 bits per heavy atom. The second-order valence-corrected chi connectivity index (χ2v) is 4.14. The Morgan fingerprint density at radius 1 is 1.45 bits per heavy atom. The number of benzene rings is 1. The van der Waals surface area contributed by atoms with Crippen molar-refractivity contribution in [2.45, 2.75) is 18.6 Å². The van der Waals surface area contributed by atoms with E-state index in [1.807, 2.05) is 11.9 Å². The van der Waals surface area contributed by atoms with Gasteiger partial charge in [0, 0.05) is 10.9 Å². The average molecular weight is 165 g/mol. The summed E-state index contributed by atoms with van der Waals surface area (Å²) >= 11 is 1.81. The van der Waals surface area contributed by atoms with E-state index in [0.29, 0.717) is 5.25 Å². The molecular weight excluding hydrogens is 154 g/mol. The van der Waals surface area contributed by atoms with Gasteiger partial charge < -0.3 is 4.72 Å². The molecule has 2 heteroatoms. The van der Waals surface area contributed by atoms with E-state index in [1.54, 1.807) is 0 Å². The first-order chi connectivity index (χ1) is 5.36. The molecule has 2 rings (SSSR count). The maximum absolute atomic E-state index is 3.33. The number of hydrogen-bond acceptors (Lipinski definition) is 2. The zero-order valence-electron chi connectivity index (χ0n) is 6.50. The minimum atomic E-state index is 0.699. The first-order valence-corrected chi connectivity index (χ1v) is 4.74. The lowest BCUT2D eigenvalue weighted by Crippen LogP contribution is -2.12. The van der Waals surface area contributed by atoms with Gasteiger partial charge in [-0.2, -0.15) is 0 Å². The van der Waals surface area contributed by atoms with E-state index >= 15 is 0 Å². The summed E-state index contributed by atoms with van der Waals surface area (Å²) in [7, 11) is 0. The number of rotatable bonds is 0. The van der Waals surface area contributed by atoms with Crippen molar-refractivity contribution in [3.05, 3.63) is 29.8 Å². The van der Waals surface area contributed by atoms with Crippen molar-refractivity contribution >= 4 is 17.6 Å². The van der Waals surface area contributed by atoms with Crippen molar-refractivity contribution in [2.75, 3.05) is 4.72 Å². The third kappa shape index (κ3) is 1.36. The Morgan fingerprint density at radius 3 is 3.18 bits per heavy atom. The lowest BCUT2D eigenvalue weighted by atomic mass is 10.1. The van der Waals surface area contributed by atoms with Crippen LogP contribution in [-0.2, 0) is 6.42 Å². The molecule has 0 saturated carbocycles. The first kappa shape index (κ1) is 7.04. The van der Waals surface area contributed by atoms with Crippen LogP contribution in [0.2, 0.25) is 0 Å². The van der Waals surface area contributed by atoms with Gasteiger partial charge in [-0.25, -0.2) is 0 Å². The molecule has 1 aliphatic rings. The van der Waals surface area contributed by atoms with Gasteiger partial charge in [0.1, 0.15) is 0 Å². The summed E-state index contributed by atoms with van der Waals surface area (Å²) in [4.78, 5) is 0. The lowest BCUT2D eigenvalue weighted by Gasteiger charge is -2.21. The molecule has 0 spiro atoms. The van der Waals surface area contributed by atoms with Crippen molar-refractivity contribution in [1.82, 2.24) is 0 Å². The number of nitrogens with one attached hydrogen (secondary N) is 1. The lowest BCUT2D eigenvalue weighted by molar-refractivity contribution is 0.938. The highest BCUT2D eigenvalue weighted by molar-refractivity contribution is 8.01. The van der Waals surface area contributed by atoms with Gasteiger partial charge in [0.15, 0.2) is 0 Å². The number of para-hydroxylation sites is 1. The fourth-order valence-corrected chi connectivity index (χ4v) is 2.10. The molecule has 0 aliphatic carbocycles. The van der Waals surface area contributed by atoms with Crippen molar-refractivity contribution in [1.29, 1.82) is 0 Å². The third-order valence-electron chi connectivity index (χ3n) is 1.89. The summed E-state index contributed by atoms with van der Waals surface area (Å²) < 4.78 is 3.33. The van der Waals surface area contributed by atoms with E-state index in [1.165, 1.54) is 17.7 Å². The molecule has 1 aromatic rings. The van der Waals surface area contributed by atoms with Crippen LogP contribution in [0.3, 0.4) is 0 Å². The molecule has 1 N–H and O–H groups in total. The molecule has 1 aromatic carbocycles. The zero-order chi connectivity index (χ0) is 7.68. The predicted octanol–water partition coefficient (Wildman–Crippen LogP) is 2.69. The molecule has 0 fully saturated rings. The summed E-state index contributed by atoms with van der Waals surface area (Å²) in [6, 6.07) is 8.50. The molecule has 1 heterocycles. The summed E-state index contributed by atoms with van der Waals surface area (Å²) in [6.45, 7) is 2.24. The van der Waals surface area contributed by atoms with Gasteiger partial charge in [-0.1, -0.05) is 25.1 Å². The highest BCUT2D eigenvalue weighted by atomic mass is 32.2. The van der Waals surface area contributed by atoms with Crippen molar-refractivity contribution < 1.29 is 0 Å². The number of fused-ring (bicyclic) bond motifs is 1. The third-order valence-corrected chi connectivity index (χ3v) is 2.80. The quantitative estimate of drug-likeness (QED) is 0.593. The van der Waals surface area contributed by atoms with Crippen molar-refractivity contribution in [3.8, 4) is 0 Å². The maximum atomic E-state index is 3.33. The molecule has 0 amide bonds. The molecule has 1 unspecified atom stereocenters. The average Bonchev–Trinajstić information content (AvgIpc) is 2.04. The Balaban J connectivity index is 2.34. The van der Waals surface area contributed by atoms with Gasteiger partial charge in [0.25, 0.3) is 0 Å². The Labute approximate surface area is 71.3 Å². The highest BCUT2D eigenvalue weighted by Gasteiger charge is 2.13. The fourth-order valence-electron chi connectivity index (χ4n) is 1.31. The summed E-state index contributed by atoms with van der Waals surface area (Å²) in [6.07, 6.45) is 1.19. The Hall–Kier alpha value is -0.630. The van der Waals surface area contributed by atoms with Crippen LogP contribution in [0, 0.1) is 0 Å². The monoisotopic (exact) mass is 165 g/mol. The van der Waals surface area contributed by atoms with E-state index in [4.69, 9.17) is 0 Å². The van der Waals surface area contributed by atoms with Crippen molar-refractivity contribution in [2.24, 2.45) is 0 Å². The first-order valence-electron chi connectivity index (χ1n) is 3.86. The van der Waals surface area contributed by atoms with E-state index in [-0.39, 0.29) is 0 Å². The largest absolute Gasteiger partial charge is 0.329 e. The van der Waals surface area contributed by atoms with E-state index in [0.717, 1.165) is 0 Å². The second kappa shape index (κ2) is 2.78. The minimum absolute atomic E-state index is 0.699. The molecule has 1 nitrogen and oxygen atoms in total. The SMILES string of the molecule is CC1Cc2ccccc2NS1. The predicted molar refractivity (Wildman–Crippen MR) is 50.8 cm³/mol. The topological polar surface area (TPSA) is 12.0 Å². The van der Waals surface area contributed by atoms with E-state index in [9.17, 15) is 0 Å². The summed E-state index contributed by atoms with van der Waals surface area (Å²) in [5.41, 5.74) is 2.73. The van der Waals surface area contributed by atoms with E-state index < -0.39 is 0 Å². The van der Waals surface area contributed by atoms with Gasteiger partial charge in [-0.15, -0.1) is 0 Å². The van der Waals surface area contributed by atoms with Crippen LogP contribution < -0.4 is 4.72 Å². The minimum Gasteiger partial charge on any atom is -0.329 e. The van der Waals surface area contributed by atoms with Crippen LogP contribution in [0.15, 0.2) is 24.3 Å². The maximum Gasteiger partial charge on any atom is 0.0472 e. The van der Waals surface area contributed by atoms with Gasteiger partial charge in [-0.05, 0) is 30.0 Å². The van der Waals surface area contributed by atoms with Crippen molar-refractivity contribution in [3.63, 3.8) is 0 Å². The normalized spacial score (nSPS) is 22.1. The summed E-state index contributed by atoms with van der Waals surface area (Å²) in [5, 5.41) is 0.699. The molecular formula is C9H11NS. The smallest absolute Gasteiger partial charge is 0.0472 e. The fraction of sp³-hybridized carbons (Fsp3) is 0.333. The molecule has 11 heavy (non-hydrogen) atoms. The molecule has 0 aromatic heterocycles. The van der Waals surface area contributed by atoms with Crippen LogP contribution in [0.1, 0.15) is 12.5 Å². The van der Waals surface area contributed by atoms with Crippen LogP contribution in [0.25, 0.3) is 0 Å². The molecule has 0 saturated heterocycles. The molecule has 1 aliphatic heterocycles. The molecule has 0 bridgehead atoms. The van der Waals surface area contributed by atoms with Crippen LogP contribution in [0.4, 0.5) is 5.69 Å². The van der Waals surface area contributed by atoms with E-state index in [2.05, 4.69) is 35.9 Å². The van der Waals surface area contributed by atoms with Gasteiger partial charge in [-0.3, -0.25) is 0 Å². The molecule has 0 radical (unpaired) electrons. The zero-order valence-corrected chi connectivity index (χ0v) is 7.32. The summed E-state index contributed by atoms with van der Waals surface area (Å²) in [5.74, 6) is 0. The number of hydrogen-bond donors (Lipinski definition) is 1. The number of anilines is 1. The Bertz CT molecular complexity index is 259. The van der Waals surface area contributed by atoms with Gasteiger partial charge in [0.2, 0.25) is 0 Å².